The molecule has 2 fully saturated rings. The highest BCUT2D eigenvalue weighted by Crippen LogP contribution is 2.42. The number of nitrogens with zero attached hydrogens (tertiary/aromatic N) is 1. The van der Waals surface area contributed by atoms with Gasteiger partial charge in [0.15, 0.2) is 0 Å². The van der Waals surface area contributed by atoms with Gasteiger partial charge in [-0.25, -0.2) is 0 Å². The number of H-pyrrole nitrogens is 2. The van der Waals surface area contributed by atoms with Gasteiger partial charge in [0.25, 0.3) is 5.91 Å². The van der Waals surface area contributed by atoms with E-state index < -0.39 is 22.8 Å². The maximum absolute atomic E-state index is 13.1. The first kappa shape index (κ1) is 17.0. The fraction of sp³-hybridized carbons (Fsp3) is 0.500. The topological polar surface area (TPSA) is 115 Å². The molecule has 8 nitrogen and oxygen atoms in total. The summed E-state index contributed by atoms with van der Waals surface area (Å²) in [5.41, 5.74) is -0.583. The molecule has 1 aromatic carbocycles. The molecule has 3 N–H and O–H groups in total. The van der Waals surface area contributed by atoms with Crippen LogP contribution in [0.4, 0.5) is 0 Å². The number of carbonyl (C=O) groups excluding carboxylic acids is 1. The summed E-state index contributed by atoms with van der Waals surface area (Å²) >= 11 is 0. The first-order chi connectivity index (χ1) is 12.4. The Hall–Kier alpha value is -2.45. The van der Waals surface area contributed by atoms with Crippen LogP contribution < -0.4 is 11.1 Å². The third-order valence-corrected chi connectivity index (χ3v) is 5.79. The number of likely N-dealkylation sites (tertiary alicyclic amines) is 1. The molecule has 4 rings (SSSR count). The van der Waals surface area contributed by atoms with Gasteiger partial charge in [0.2, 0.25) is 0 Å². The molecule has 26 heavy (non-hydrogen) atoms. The molecule has 1 amide bonds. The molecule has 0 spiro atoms. The number of nitrogens with one attached hydrogen (secondary N) is 2. The van der Waals surface area contributed by atoms with Crippen LogP contribution >= 0.6 is 0 Å². The molecule has 1 aliphatic heterocycles. The summed E-state index contributed by atoms with van der Waals surface area (Å²) in [4.78, 5) is 42.8. The van der Waals surface area contributed by atoms with E-state index in [-0.39, 0.29) is 11.9 Å². The van der Waals surface area contributed by atoms with E-state index in [1.54, 1.807) is 30.2 Å². The van der Waals surface area contributed by atoms with Crippen molar-refractivity contribution in [2.24, 2.45) is 0 Å². The van der Waals surface area contributed by atoms with Gasteiger partial charge in [-0.05, 0) is 43.9 Å². The number of aromatic amines is 2. The number of ether oxygens (including phenoxy) is 1. The maximum Gasteiger partial charge on any atom is 0.314 e. The number of aliphatic hydroxyl groups is 1. The van der Waals surface area contributed by atoms with Crippen LogP contribution in [0.15, 0.2) is 27.8 Å². The Balaban J connectivity index is 1.69. The molecule has 2 heterocycles. The highest BCUT2D eigenvalue weighted by atomic mass is 16.5. The first-order valence-electron chi connectivity index (χ1n) is 8.74. The van der Waals surface area contributed by atoms with Gasteiger partial charge in [-0.2, -0.15) is 0 Å². The molecule has 3 atom stereocenters. The Morgan fingerprint density at radius 2 is 1.96 bits per heavy atom. The minimum absolute atomic E-state index is 0.169. The Morgan fingerprint density at radius 1 is 1.23 bits per heavy atom. The van der Waals surface area contributed by atoms with Crippen LogP contribution in [0.25, 0.3) is 11.0 Å². The third-order valence-electron chi connectivity index (χ3n) is 5.79. The van der Waals surface area contributed by atoms with Crippen molar-refractivity contribution in [1.82, 2.24) is 14.9 Å². The van der Waals surface area contributed by atoms with E-state index in [0.29, 0.717) is 36.0 Å². The van der Waals surface area contributed by atoms with Crippen LogP contribution in [0.5, 0.6) is 0 Å². The number of rotatable bonds is 2. The summed E-state index contributed by atoms with van der Waals surface area (Å²) < 4.78 is 5.77. The molecule has 0 radical (unpaired) electrons. The zero-order valence-corrected chi connectivity index (χ0v) is 14.4. The number of aromatic nitrogens is 2. The Bertz CT molecular complexity index is 981. The smallest absolute Gasteiger partial charge is 0.314 e. The van der Waals surface area contributed by atoms with E-state index in [0.717, 1.165) is 12.8 Å². The number of hydrogen-bond acceptors (Lipinski definition) is 5. The fourth-order valence-electron chi connectivity index (χ4n) is 4.33. The normalized spacial score (nSPS) is 28.3. The minimum atomic E-state index is -0.753. The van der Waals surface area contributed by atoms with Crippen molar-refractivity contribution in [2.45, 2.75) is 43.4 Å². The van der Waals surface area contributed by atoms with Crippen LogP contribution in [-0.4, -0.2) is 57.3 Å². The summed E-state index contributed by atoms with van der Waals surface area (Å²) in [6.07, 6.45) is 2.21. The molecule has 1 saturated heterocycles. The van der Waals surface area contributed by atoms with Crippen molar-refractivity contribution in [3.05, 3.63) is 44.5 Å². The van der Waals surface area contributed by atoms with Crippen molar-refractivity contribution >= 4 is 16.9 Å². The number of fused-ring (bicyclic) bond motifs is 2. The van der Waals surface area contributed by atoms with Crippen LogP contribution in [0.1, 0.15) is 36.0 Å². The minimum Gasteiger partial charge on any atom is -0.393 e. The van der Waals surface area contributed by atoms with Gasteiger partial charge in [0.05, 0.1) is 28.8 Å². The standard InChI is InChI=1S/C18H21N3O5/c1-26-18-5-4-11(22)9-14(18)21(7-6-18)17(25)10-2-3-12-13(8-10)20-16(24)15(23)19-12/h2-3,8,11,14,22H,4-7,9H2,1H3,(H,19,23)(H,20,24)/t11-,14+,18-/m1/s1. The molecular weight excluding hydrogens is 338 g/mol. The van der Waals surface area contributed by atoms with Crippen molar-refractivity contribution < 1.29 is 14.6 Å². The van der Waals surface area contributed by atoms with Crippen LogP contribution in [-0.2, 0) is 4.74 Å². The second-order valence-electron chi connectivity index (χ2n) is 7.13. The van der Waals surface area contributed by atoms with Crippen molar-refractivity contribution in [3.63, 3.8) is 0 Å². The van der Waals surface area contributed by atoms with E-state index in [2.05, 4.69) is 9.97 Å². The van der Waals surface area contributed by atoms with Gasteiger partial charge >= 0.3 is 11.1 Å². The maximum atomic E-state index is 13.1. The lowest BCUT2D eigenvalue weighted by molar-refractivity contribution is -0.0824. The number of methoxy groups -OCH3 is 1. The molecule has 0 bridgehead atoms. The van der Waals surface area contributed by atoms with Crippen molar-refractivity contribution in [2.75, 3.05) is 13.7 Å². The van der Waals surface area contributed by atoms with Crippen LogP contribution in [0.3, 0.4) is 0 Å². The van der Waals surface area contributed by atoms with Crippen molar-refractivity contribution in [1.29, 1.82) is 0 Å². The lowest BCUT2D eigenvalue weighted by Gasteiger charge is -2.42. The zero-order chi connectivity index (χ0) is 18.5. The second-order valence-corrected chi connectivity index (χ2v) is 7.13. The fourth-order valence-corrected chi connectivity index (χ4v) is 4.33. The summed E-state index contributed by atoms with van der Waals surface area (Å²) in [6, 6.07) is 4.63. The molecule has 2 aromatic rings. The Kier molecular flexibility index (Phi) is 3.96. The van der Waals surface area contributed by atoms with E-state index in [1.807, 2.05) is 0 Å². The van der Waals surface area contributed by atoms with E-state index in [4.69, 9.17) is 4.74 Å². The highest BCUT2D eigenvalue weighted by molar-refractivity contribution is 5.97. The average Bonchev–Trinajstić information content (AvgIpc) is 3.01. The lowest BCUT2D eigenvalue weighted by atomic mass is 9.79. The third kappa shape index (κ3) is 2.57. The molecular formula is C18H21N3O5. The van der Waals surface area contributed by atoms with Gasteiger partial charge in [0.1, 0.15) is 0 Å². The number of aliphatic hydroxyl groups excluding tert-OH is 1. The van der Waals surface area contributed by atoms with E-state index in [1.165, 1.54) is 0 Å². The predicted molar refractivity (Wildman–Crippen MR) is 94.2 cm³/mol. The molecule has 1 saturated carbocycles. The highest BCUT2D eigenvalue weighted by Gasteiger charge is 2.52. The monoisotopic (exact) mass is 359 g/mol. The van der Waals surface area contributed by atoms with E-state index >= 15 is 0 Å². The lowest BCUT2D eigenvalue weighted by Crippen LogP contribution is -2.52. The quantitative estimate of drug-likeness (QED) is 0.670. The summed E-state index contributed by atoms with van der Waals surface area (Å²) in [6.45, 7) is 0.560. The predicted octanol–water partition coefficient (Wildman–Crippen LogP) is 0.361. The molecule has 1 aromatic heterocycles. The van der Waals surface area contributed by atoms with Gasteiger partial charge in [-0.15, -0.1) is 0 Å². The van der Waals surface area contributed by atoms with E-state index in [9.17, 15) is 19.5 Å². The average molecular weight is 359 g/mol. The zero-order valence-electron chi connectivity index (χ0n) is 14.4. The molecule has 138 valence electrons. The Morgan fingerprint density at radius 3 is 2.69 bits per heavy atom. The summed E-state index contributed by atoms with van der Waals surface area (Å²) in [5.74, 6) is -0.169. The Labute approximate surface area is 148 Å². The number of hydrogen-bond donors (Lipinski definition) is 3. The van der Waals surface area contributed by atoms with Crippen LogP contribution in [0.2, 0.25) is 0 Å². The molecule has 0 unspecified atom stereocenters. The first-order valence-corrected chi connectivity index (χ1v) is 8.74. The second kappa shape index (κ2) is 6.07. The summed E-state index contributed by atoms with van der Waals surface area (Å²) in [7, 11) is 1.66. The summed E-state index contributed by atoms with van der Waals surface area (Å²) in [5, 5.41) is 10.1. The van der Waals surface area contributed by atoms with Crippen molar-refractivity contribution in [3.8, 4) is 0 Å². The van der Waals surface area contributed by atoms with Gasteiger partial charge in [0, 0.05) is 19.2 Å². The largest absolute Gasteiger partial charge is 0.393 e. The molecule has 2 aliphatic rings. The molecule has 8 heteroatoms. The molecule has 1 aliphatic carbocycles. The van der Waals surface area contributed by atoms with Gasteiger partial charge in [-0.3, -0.25) is 14.4 Å². The van der Waals surface area contributed by atoms with Gasteiger partial charge in [-0.1, -0.05) is 0 Å². The number of carbonyl (C=O) groups is 1. The SMILES string of the molecule is CO[C@@]12CC[C@@H](O)C[C@@H]1N(C(=O)c1ccc3[nH]c(=O)c(=O)[nH]c3c1)CC2. The van der Waals surface area contributed by atoms with Gasteiger partial charge < -0.3 is 24.7 Å². The number of benzene rings is 1. The van der Waals surface area contributed by atoms with Crippen LogP contribution in [0, 0.1) is 0 Å². The number of amides is 1.